The Bertz CT molecular complexity index is 484. The lowest BCUT2D eigenvalue weighted by molar-refractivity contribution is -0.136. The van der Waals surface area contributed by atoms with Crippen LogP contribution in [0, 0.1) is 18.6 Å². The largest absolute Gasteiger partial charge is 0.466 e. The highest BCUT2D eigenvalue weighted by Crippen LogP contribution is 2.21. The van der Waals surface area contributed by atoms with Crippen LogP contribution in [0.15, 0.2) is 23.8 Å². The van der Waals surface area contributed by atoms with Crippen molar-refractivity contribution in [3.63, 3.8) is 0 Å². The standard InChI is InChI=1S/C13H15F2NO2/c1-8-4-5-10(14)12(11(8)15)16-7-6-9(2)13(17)18-3/h4-6,16H,7H2,1-3H3/b9-6+. The molecule has 0 unspecified atom stereocenters. The number of esters is 1. The van der Waals surface area contributed by atoms with E-state index < -0.39 is 17.6 Å². The van der Waals surface area contributed by atoms with Crippen LogP contribution >= 0.6 is 0 Å². The number of hydrogen-bond acceptors (Lipinski definition) is 3. The predicted octanol–water partition coefficient (Wildman–Crippen LogP) is 2.80. The molecule has 0 saturated carbocycles. The fraction of sp³-hybridized carbons (Fsp3) is 0.308. The number of aryl methyl sites for hydroxylation is 1. The van der Waals surface area contributed by atoms with Crippen LogP contribution in [0.2, 0.25) is 0 Å². The molecule has 0 aliphatic carbocycles. The second kappa shape index (κ2) is 6.14. The normalized spacial score (nSPS) is 11.3. The Hall–Kier alpha value is -1.91. The quantitative estimate of drug-likeness (QED) is 0.664. The van der Waals surface area contributed by atoms with Gasteiger partial charge in [-0.2, -0.15) is 0 Å². The first-order valence-electron chi connectivity index (χ1n) is 5.41. The van der Waals surface area contributed by atoms with Crippen LogP contribution in [-0.2, 0) is 9.53 Å². The summed E-state index contributed by atoms with van der Waals surface area (Å²) in [5.41, 5.74) is 0.537. The average molecular weight is 255 g/mol. The topological polar surface area (TPSA) is 38.3 Å². The molecule has 1 aromatic rings. The van der Waals surface area contributed by atoms with Crippen LogP contribution in [0.5, 0.6) is 0 Å². The Morgan fingerprint density at radius 1 is 1.44 bits per heavy atom. The number of carbonyl (C=O) groups excluding carboxylic acids is 1. The van der Waals surface area contributed by atoms with Crippen molar-refractivity contribution in [1.82, 2.24) is 0 Å². The Morgan fingerprint density at radius 2 is 2.11 bits per heavy atom. The lowest BCUT2D eigenvalue weighted by Gasteiger charge is -2.08. The second-order valence-corrected chi connectivity index (χ2v) is 3.81. The van der Waals surface area contributed by atoms with Crippen molar-refractivity contribution in [3.8, 4) is 0 Å². The van der Waals surface area contributed by atoms with Crippen LogP contribution in [0.25, 0.3) is 0 Å². The zero-order chi connectivity index (χ0) is 13.7. The smallest absolute Gasteiger partial charge is 0.333 e. The van der Waals surface area contributed by atoms with Crippen molar-refractivity contribution in [2.45, 2.75) is 13.8 Å². The second-order valence-electron chi connectivity index (χ2n) is 3.81. The molecule has 0 atom stereocenters. The van der Waals surface area contributed by atoms with E-state index in [2.05, 4.69) is 10.1 Å². The third-order valence-electron chi connectivity index (χ3n) is 2.48. The van der Waals surface area contributed by atoms with E-state index in [0.29, 0.717) is 11.1 Å². The van der Waals surface area contributed by atoms with Crippen LogP contribution < -0.4 is 5.32 Å². The van der Waals surface area contributed by atoms with E-state index in [-0.39, 0.29) is 12.2 Å². The number of rotatable bonds is 4. The highest BCUT2D eigenvalue weighted by Gasteiger charge is 2.10. The molecule has 1 aromatic carbocycles. The fourth-order valence-corrected chi connectivity index (χ4v) is 1.37. The van der Waals surface area contributed by atoms with Gasteiger partial charge in [-0.1, -0.05) is 12.1 Å². The summed E-state index contributed by atoms with van der Waals surface area (Å²) in [6, 6.07) is 2.56. The molecule has 1 rings (SSSR count). The van der Waals surface area contributed by atoms with Gasteiger partial charge in [0.15, 0.2) is 5.82 Å². The molecule has 0 aliphatic heterocycles. The summed E-state index contributed by atoms with van der Waals surface area (Å²) in [4.78, 5) is 11.1. The molecular weight excluding hydrogens is 240 g/mol. The van der Waals surface area contributed by atoms with Gasteiger partial charge in [0, 0.05) is 12.1 Å². The minimum atomic E-state index is -0.665. The molecule has 0 amide bonds. The van der Waals surface area contributed by atoms with Crippen molar-refractivity contribution in [2.24, 2.45) is 0 Å². The number of benzene rings is 1. The third-order valence-corrected chi connectivity index (χ3v) is 2.48. The molecule has 0 radical (unpaired) electrons. The van der Waals surface area contributed by atoms with E-state index in [0.717, 1.165) is 0 Å². The third kappa shape index (κ3) is 3.29. The minimum Gasteiger partial charge on any atom is -0.466 e. The van der Waals surface area contributed by atoms with Gasteiger partial charge in [-0.15, -0.1) is 0 Å². The number of ether oxygens (including phenoxy) is 1. The van der Waals surface area contributed by atoms with Crippen LogP contribution in [-0.4, -0.2) is 19.6 Å². The zero-order valence-corrected chi connectivity index (χ0v) is 10.5. The molecular formula is C13H15F2NO2. The van der Waals surface area contributed by atoms with Crippen molar-refractivity contribution in [1.29, 1.82) is 0 Å². The van der Waals surface area contributed by atoms with Gasteiger partial charge in [0.2, 0.25) is 0 Å². The van der Waals surface area contributed by atoms with Gasteiger partial charge < -0.3 is 10.1 Å². The molecule has 0 fully saturated rings. The van der Waals surface area contributed by atoms with Gasteiger partial charge in [0.1, 0.15) is 11.5 Å². The number of carbonyl (C=O) groups is 1. The average Bonchev–Trinajstić information content (AvgIpc) is 2.36. The Morgan fingerprint density at radius 3 is 2.72 bits per heavy atom. The van der Waals surface area contributed by atoms with E-state index in [1.165, 1.54) is 25.3 Å². The van der Waals surface area contributed by atoms with Gasteiger partial charge >= 0.3 is 5.97 Å². The van der Waals surface area contributed by atoms with Gasteiger partial charge in [0.25, 0.3) is 0 Å². The van der Waals surface area contributed by atoms with Gasteiger partial charge in [-0.05, 0) is 25.5 Å². The van der Waals surface area contributed by atoms with Gasteiger partial charge in [-0.3, -0.25) is 0 Å². The summed E-state index contributed by atoms with van der Waals surface area (Å²) < 4.78 is 31.5. The highest BCUT2D eigenvalue weighted by atomic mass is 19.1. The van der Waals surface area contributed by atoms with E-state index in [1.54, 1.807) is 13.8 Å². The summed E-state index contributed by atoms with van der Waals surface area (Å²) in [5.74, 6) is -1.76. The maximum atomic E-state index is 13.6. The van der Waals surface area contributed by atoms with E-state index in [9.17, 15) is 13.6 Å². The number of anilines is 1. The van der Waals surface area contributed by atoms with Crippen LogP contribution in [0.4, 0.5) is 14.5 Å². The molecule has 0 spiro atoms. The molecule has 0 saturated heterocycles. The monoisotopic (exact) mass is 255 g/mol. The lowest BCUT2D eigenvalue weighted by atomic mass is 10.2. The molecule has 18 heavy (non-hydrogen) atoms. The van der Waals surface area contributed by atoms with E-state index >= 15 is 0 Å². The first-order chi connectivity index (χ1) is 8.47. The SMILES string of the molecule is COC(=O)/C(C)=C/CNc1c(F)ccc(C)c1F. The molecule has 0 bridgehead atoms. The molecule has 98 valence electrons. The molecule has 5 heteroatoms. The maximum Gasteiger partial charge on any atom is 0.333 e. The van der Waals surface area contributed by atoms with Gasteiger partial charge in [-0.25, -0.2) is 13.6 Å². The summed E-state index contributed by atoms with van der Waals surface area (Å²) in [7, 11) is 1.27. The van der Waals surface area contributed by atoms with Crippen LogP contribution in [0.1, 0.15) is 12.5 Å². The highest BCUT2D eigenvalue weighted by molar-refractivity contribution is 5.87. The number of methoxy groups -OCH3 is 1. The minimum absolute atomic E-state index is 0.137. The molecule has 0 heterocycles. The van der Waals surface area contributed by atoms with E-state index in [4.69, 9.17) is 0 Å². The summed E-state index contributed by atoms with van der Waals surface area (Å²) in [5, 5.41) is 2.60. The first-order valence-corrected chi connectivity index (χ1v) is 5.41. The Kier molecular flexibility index (Phi) is 4.83. The number of nitrogens with one attached hydrogen (secondary N) is 1. The summed E-state index contributed by atoms with van der Waals surface area (Å²) in [6.07, 6.45) is 1.51. The Balaban J connectivity index is 2.76. The van der Waals surface area contributed by atoms with Gasteiger partial charge in [0.05, 0.1) is 7.11 Å². The summed E-state index contributed by atoms with van der Waals surface area (Å²) >= 11 is 0. The van der Waals surface area contributed by atoms with Crippen molar-refractivity contribution in [3.05, 3.63) is 41.0 Å². The molecule has 0 aromatic heterocycles. The first kappa shape index (κ1) is 14.2. The number of halogens is 2. The molecule has 3 nitrogen and oxygen atoms in total. The summed E-state index contributed by atoms with van der Waals surface area (Å²) in [6.45, 7) is 3.25. The van der Waals surface area contributed by atoms with Crippen LogP contribution in [0.3, 0.4) is 0 Å². The molecule has 0 aliphatic rings. The lowest BCUT2D eigenvalue weighted by Crippen LogP contribution is -2.08. The molecule has 1 N–H and O–H groups in total. The van der Waals surface area contributed by atoms with Crippen molar-refractivity contribution >= 4 is 11.7 Å². The predicted molar refractivity (Wildman–Crippen MR) is 65.4 cm³/mol. The van der Waals surface area contributed by atoms with E-state index in [1.807, 2.05) is 0 Å². The number of hydrogen-bond donors (Lipinski definition) is 1. The Labute approximate surface area is 104 Å². The van der Waals surface area contributed by atoms with Crippen molar-refractivity contribution < 1.29 is 18.3 Å². The fourth-order valence-electron chi connectivity index (χ4n) is 1.37. The van der Waals surface area contributed by atoms with Crippen molar-refractivity contribution in [2.75, 3.05) is 19.0 Å². The zero-order valence-electron chi connectivity index (χ0n) is 10.5. The maximum absolute atomic E-state index is 13.6.